The quantitative estimate of drug-likeness (QED) is 0.756. The Morgan fingerprint density at radius 1 is 1.07 bits per heavy atom. The lowest BCUT2D eigenvalue weighted by Crippen LogP contribution is -2.27. The normalized spacial score (nSPS) is 17.7. The zero-order valence-corrected chi connectivity index (χ0v) is 17.6. The molecule has 1 N–H and O–H groups in total. The Balaban J connectivity index is 1.61. The van der Waals surface area contributed by atoms with Crippen LogP contribution in [-0.4, -0.2) is 27.9 Å². The molecule has 4 rings (SSSR count). The summed E-state index contributed by atoms with van der Waals surface area (Å²) in [6.45, 7) is 2.31. The number of rotatable bonds is 5. The second kappa shape index (κ2) is 7.76. The molecular formula is C23H26N2O3S. The van der Waals surface area contributed by atoms with Crippen molar-refractivity contribution >= 4 is 27.2 Å². The van der Waals surface area contributed by atoms with Gasteiger partial charge in [-0.15, -0.1) is 0 Å². The van der Waals surface area contributed by atoms with E-state index in [-0.39, 0.29) is 16.7 Å². The maximum Gasteiger partial charge on any atom is 0.258 e. The Kier molecular flexibility index (Phi) is 5.32. The van der Waals surface area contributed by atoms with Crippen LogP contribution in [-0.2, 0) is 14.8 Å². The van der Waals surface area contributed by atoms with E-state index in [4.69, 9.17) is 0 Å². The first-order valence-corrected chi connectivity index (χ1v) is 11.6. The number of sulfonamides is 1. The number of anilines is 1. The van der Waals surface area contributed by atoms with Gasteiger partial charge in [-0.25, -0.2) is 13.1 Å². The number of nitrogens with one attached hydrogen (secondary N) is 1. The number of carbonyl (C=O) groups is 1. The summed E-state index contributed by atoms with van der Waals surface area (Å²) in [6, 6.07) is 14.8. The minimum atomic E-state index is -3.67. The molecule has 2 aromatic carbocycles. The molecule has 2 aliphatic rings. The third kappa shape index (κ3) is 3.74. The Labute approximate surface area is 172 Å². The van der Waals surface area contributed by atoms with Gasteiger partial charge in [0, 0.05) is 24.7 Å². The van der Waals surface area contributed by atoms with E-state index < -0.39 is 10.0 Å². The Hall–Kier alpha value is -2.44. The highest BCUT2D eigenvalue weighted by Gasteiger charge is 2.34. The van der Waals surface area contributed by atoms with Crippen molar-refractivity contribution in [3.05, 3.63) is 65.2 Å². The zero-order valence-electron chi connectivity index (χ0n) is 16.8. The zero-order chi connectivity index (χ0) is 20.6. The minimum Gasteiger partial charge on any atom is -0.311 e. The molecule has 0 unspecified atom stereocenters. The van der Waals surface area contributed by atoms with Gasteiger partial charge < -0.3 is 4.90 Å². The number of allylic oxidation sites excluding steroid dienone is 1. The van der Waals surface area contributed by atoms with Crippen LogP contribution in [0.25, 0.3) is 5.57 Å². The van der Waals surface area contributed by atoms with Crippen LogP contribution >= 0.6 is 0 Å². The standard InChI is InChI=1S/C23H26N2O3S/c1-16(17-8-4-3-5-9-17)15-24-29(27,28)19-12-13-21-20(14-19)22(23(26)25(21)2)18-10-6-7-11-18/h3-5,8-9,12-14,16,24H,6-7,10-11,15H2,1-2H3/t16-/m1/s1. The molecule has 1 atom stereocenters. The average molecular weight is 411 g/mol. The smallest absolute Gasteiger partial charge is 0.258 e. The molecule has 0 spiro atoms. The highest BCUT2D eigenvalue weighted by atomic mass is 32.2. The predicted molar refractivity (Wildman–Crippen MR) is 115 cm³/mol. The van der Waals surface area contributed by atoms with Crippen LogP contribution in [0.2, 0.25) is 0 Å². The topological polar surface area (TPSA) is 66.5 Å². The second-order valence-electron chi connectivity index (χ2n) is 7.89. The molecule has 1 aliphatic heterocycles. The number of amides is 1. The molecule has 1 saturated carbocycles. The molecule has 0 bridgehead atoms. The molecule has 1 aliphatic carbocycles. The molecule has 152 valence electrons. The fraction of sp³-hybridized carbons (Fsp3) is 0.348. The number of fused-ring (bicyclic) bond motifs is 1. The Morgan fingerprint density at radius 3 is 2.45 bits per heavy atom. The molecule has 0 radical (unpaired) electrons. The highest BCUT2D eigenvalue weighted by molar-refractivity contribution is 7.89. The van der Waals surface area contributed by atoms with Crippen molar-refractivity contribution in [1.29, 1.82) is 0 Å². The summed E-state index contributed by atoms with van der Waals surface area (Å²) < 4.78 is 28.6. The number of likely N-dealkylation sites (N-methyl/N-ethyl adjacent to an activating group) is 1. The lowest BCUT2D eigenvalue weighted by molar-refractivity contribution is -0.112. The van der Waals surface area contributed by atoms with Crippen molar-refractivity contribution in [3.8, 4) is 0 Å². The summed E-state index contributed by atoms with van der Waals surface area (Å²) in [6.07, 6.45) is 4.00. The average Bonchev–Trinajstić information content (AvgIpc) is 3.34. The fourth-order valence-corrected chi connectivity index (χ4v) is 5.33. The van der Waals surface area contributed by atoms with Gasteiger partial charge in [0.25, 0.3) is 5.91 Å². The lowest BCUT2D eigenvalue weighted by atomic mass is 10.00. The largest absolute Gasteiger partial charge is 0.311 e. The predicted octanol–water partition coefficient (Wildman–Crippen LogP) is 4.07. The lowest BCUT2D eigenvalue weighted by Gasteiger charge is -2.14. The van der Waals surface area contributed by atoms with Crippen molar-refractivity contribution in [2.75, 3.05) is 18.5 Å². The van der Waals surface area contributed by atoms with Gasteiger partial charge in [0.05, 0.1) is 10.6 Å². The van der Waals surface area contributed by atoms with E-state index in [0.29, 0.717) is 12.1 Å². The van der Waals surface area contributed by atoms with Crippen molar-refractivity contribution in [2.45, 2.75) is 43.4 Å². The van der Waals surface area contributed by atoms with Crippen molar-refractivity contribution in [1.82, 2.24) is 4.72 Å². The molecule has 0 saturated heterocycles. The van der Waals surface area contributed by atoms with Gasteiger partial charge in [-0.2, -0.15) is 0 Å². The van der Waals surface area contributed by atoms with Crippen LogP contribution in [0, 0.1) is 0 Å². The Bertz CT molecular complexity index is 1070. The van der Waals surface area contributed by atoms with Crippen molar-refractivity contribution in [3.63, 3.8) is 0 Å². The van der Waals surface area contributed by atoms with Gasteiger partial charge in [0.15, 0.2) is 0 Å². The molecular weight excluding hydrogens is 384 g/mol. The summed E-state index contributed by atoms with van der Waals surface area (Å²) in [5.74, 6) is 0.0291. The van der Waals surface area contributed by atoms with Crippen LogP contribution in [0.5, 0.6) is 0 Å². The molecule has 6 heteroatoms. The van der Waals surface area contributed by atoms with Gasteiger partial charge in [0.2, 0.25) is 10.0 Å². The first kappa shape index (κ1) is 19.9. The molecule has 0 aromatic heterocycles. The van der Waals surface area contributed by atoms with E-state index in [1.165, 1.54) is 0 Å². The minimum absolute atomic E-state index is 0.0305. The number of hydrogen-bond donors (Lipinski definition) is 1. The molecule has 1 amide bonds. The molecule has 1 heterocycles. The van der Waals surface area contributed by atoms with Crippen molar-refractivity contribution in [2.24, 2.45) is 0 Å². The van der Waals surface area contributed by atoms with Gasteiger partial charge in [-0.3, -0.25) is 4.79 Å². The summed E-state index contributed by atoms with van der Waals surface area (Å²) in [5, 5.41) is 0. The van der Waals surface area contributed by atoms with E-state index >= 15 is 0 Å². The van der Waals surface area contributed by atoms with Gasteiger partial charge in [0.1, 0.15) is 0 Å². The Morgan fingerprint density at radius 2 is 1.76 bits per heavy atom. The molecule has 1 fully saturated rings. The van der Waals surface area contributed by atoms with Gasteiger partial charge >= 0.3 is 0 Å². The molecule has 29 heavy (non-hydrogen) atoms. The summed E-state index contributed by atoms with van der Waals surface area (Å²) in [5.41, 5.74) is 4.47. The first-order chi connectivity index (χ1) is 13.9. The summed E-state index contributed by atoms with van der Waals surface area (Å²) in [7, 11) is -1.92. The van der Waals surface area contributed by atoms with E-state index in [1.807, 2.05) is 37.3 Å². The number of hydrogen-bond acceptors (Lipinski definition) is 3. The van der Waals surface area contributed by atoms with E-state index in [9.17, 15) is 13.2 Å². The SMILES string of the molecule is C[C@H](CNS(=O)(=O)c1ccc2c(c1)C(=C1CCCC1)C(=O)N2C)c1ccccc1. The third-order valence-corrected chi connectivity index (χ3v) is 7.36. The number of carbonyl (C=O) groups excluding carboxylic acids is 1. The number of nitrogens with zero attached hydrogens (tertiary/aromatic N) is 1. The van der Waals surface area contributed by atoms with Crippen LogP contribution in [0.3, 0.4) is 0 Å². The van der Waals surface area contributed by atoms with E-state index in [2.05, 4.69) is 4.72 Å². The summed E-state index contributed by atoms with van der Waals surface area (Å²) in [4.78, 5) is 14.6. The molecule has 2 aromatic rings. The van der Waals surface area contributed by atoms with Crippen LogP contribution < -0.4 is 9.62 Å². The van der Waals surface area contributed by atoms with Crippen LogP contribution in [0.15, 0.2) is 59.0 Å². The van der Waals surface area contributed by atoms with Crippen LogP contribution in [0.1, 0.15) is 49.7 Å². The van der Waals surface area contributed by atoms with Gasteiger partial charge in [-0.05, 0) is 55.4 Å². The van der Waals surface area contributed by atoms with E-state index in [1.54, 1.807) is 30.1 Å². The van der Waals surface area contributed by atoms with E-state index in [0.717, 1.165) is 48.1 Å². The second-order valence-corrected chi connectivity index (χ2v) is 9.66. The molecule has 5 nitrogen and oxygen atoms in total. The first-order valence-electron chi connectivity index (χ1n) is 10.1. The third-order valence-electron chi connectivity index (χ3n) is 5.94. The summed E-state index contributed by atoms with van der Waals surface area (Å²) >= 11 is 0. The maximum absolute atomic E-state index is 12.9. The number of benzene rings is 2. The highest BCUT2D eigenvalue weighted by Crippen LogP contribution is 2.42. The monoisotopic (exact) mass is 410 g/mol. The van der Waals surface area contributed by atoms with Gasteiger partial charge in [-0.1, -0.05) is 42.8 Å². The van der Waals surface area contributed by atoms with Crippen LogP contribution in [0.4, 0.5) is 5.69 Å². The maximum atomic E-state index is 12.9. The van der Waals surface area contributed by atoms with Crippen molar-refractivity contribution < 1.29 is 13.2 Å². The fourth-order valence-electron chi connectivity index (χ4n) is 4.18.